The quantitative estimate of drug-likeness (QED) is 0.467. The number of rotatable bonds is 6. The maximum Gasteiger partial charge on any atom is 0.193 e. The number of para-hydroxylation sites is 1. The first-order chi connectivity index (χ1) is 13.2. The Kier molecular flexibility index (Phi) is 7.29. The summed E-state index contributed by atoms with van der Waals surface area (Å²) in [6.07, 6.45) is 3.41. The highest BCUT2D eigenvalue weighted by molar-refractivity contribution is 5.80. The molecule has 6 nitrogen and oxygen atoms in total. The summed E-state index contributed by atoms with van der Waals surface area (Å²) in [5.74, 6) is 0.715. The van der Waals surface area contributed by atoms with E-state index in [1.54, 1.807) is 12.1 Å². The third kappa shape index (κ3) is 5.32. The van der Waals surface area contributed by atoms with Gasteiger partial charge in [0.1, 0.15) is 11.9 Å². The molecular weight excluding hydrogens is 347 g/mol. The number of hydrogen-bond donors (Lipinski definition) is 1. The molecule has 0 amide bonds. The summed E-state index contributed by atoms with van der Waals surface area (Å²) in [6.45, 7) is 4.73. The third-order valence-electron chi connectivity index (χ3n) is 5.20. The van der Waals surface area contributed by atoms with Crippen LogP contribution in [0.4, 0.5) is 10.1 Å². The molecule has 7 heteroatoms. The highest BCUT2D eigenvalue weighted by Gasteiger charge is 2.32. The van der Waals surface area contributed by atoms with Crippen molar-refractivity contribution in [2.24, 2.45) is 4.99 Å². The van der Waals surface area contributed by atoms with Crippen LogP contribution in [0.5, 0.6) is 0 Å². The van der Waals surface area contributed by atoms with Gasteiger partial charge in [0.15, 0.2) is 5.96 Å². The van der Waals surface area contributed by atoms with Crippen LogP contribution >= 0.6 is 0 Å². The van der Waals surface area contributed by atoms with E-state index in [0.29, 0.717) is 12.3 Å². The number of nitrogens with zero attached hydrogens (tertiary/aromatic N) is 3. The van der Waals surface area contributed by atoms with Gasteiger partial charge in [-0.15, -0.1) is 0 Å². The summed E-state index contributed by atoms with van der Waals surface area (Å²) < 4.78 is 25.5. The molecule has 2 atom stereocenters. The predicted octanol–water partition coefficient (Wildman–Crippen LogP) is 2.11. The van der Waals surface area contributed by atoms with Gasteiger partial charge >= 0.3 is 0 Å². The first-order valence-electron chi connectivity index (χ1n) is 9.83. The van der Waals surface area contributed by atoms with Crippen molar-refractivity contribution in [1.82, 2.24) is 10.2 Å². The van der Waals surface area contributed by atoms with E-state index in [0.717, 1.165) is 58.0 Å². The molecule has 1 aromatic carbocycles. The van der Waals surface area contributed by atoms with Crippen LogP contribution < -0.4 is 10.2 Å². The molecule has 0 aliphatic carbocycles. The van der Waals surface area contributed by atoms with Gasteiger partial charge in [0.05, 0.1) is 18.4 Å². The van der Waals surface area contributed by atoms with Crippen molar-refractivity contribution in [2.45, 2.75) is 31.5 Å². The molecule has 0 bridgehead atoms. The van der Waals surface area contributed by atoms with E-state index in [1.165, 1.54) is 6.07 Å². The van der Waals surface area contributed by atoms with Gasteiger partial charge in [0.2, 0.25) is 0 Å². The van der Waals surface area contributed by atoms with Crippen LogP contribution in [0.2, 0.25) is 0 Å². The molecule has 2 aliphatic rings. The minimum absolute atomic E-state index is 0.118. The van der Waals surface area contributed by atoms with Gasteiger partial charge in [-0.3, -0.25) is 4.99 Å². The number of ether oxygens (including phenoxy) is 2. The van der Waals surface area contributed by atoms with Crippen molar-refractivity contribution in [3.8, 4) is 0 Å². The number of halogens is 1. The summed E-state index contributed by atoms with van der Waals surface area (Å²) >= 11 is 0. The third-order valence-corrected chi connectivity index (χ3v) is 5.20. The second-order valence-electron chi connectivity index (χ2n) is 7.11. The Morgan fingerprint density at radius 3 is 2.85 bits per heavy atom. The van der Waals surface area contributed by atoms with Crippen LogP contribution in [0.3, 0.4) is 0 Å². The van der Waals surface area contributed by atoms with Crippen LogP contribution in [0.15, 0.2) is 29.3 Å². The predicted molar refractivity (Wildman–Crippen MR) is 106 cm³/mol. The highest BCUT2D eigenvalue weighted by atomic mass is 19.1. The first kappa shape index (κ1) is 19.9. The van der Waals surface area contributed by atoms with Gasteiger partial charge in [-0.05, 0) is 31.4 Å². The second kappa shape index (κ2) is 9.90. The van der Waals surface area contributed by atoms with Gasteiger partial charge in [-0.2, -0.15) is 0 Å². The Hall–Kier alpha value is -1.86. The number of anilines is 1. The van der Waals surface area contributed by atoms with Gasteiger partial charge in [0.25, 0.3) is 0 Å². The fraction of sp³-hybridized carbons (Fsp3) is 0.650. The van der Waals surface area contributed by atoms with Crippen LogP contribution in [0.1, 0.15) is 19.3 Å². The molecule has 0 saturated carbocycles. The van der Waals surface area contributed by atoms with E-state index < -0.39 is 0 Å². The minimum atomic E-state index is -0.183. The maximum atomic E-state index is 13.8. The summed E-state index contributed by atoms with van der Waals surface area (Å²) in [5.41, 5.74) is 0.634. The topological polar surface area (TPSA) is 49.3 Å². The summed E-state index contributed by atoms with van der Waals surface area (Å²) in [7, 11) is 3.73. The zero-order chi connectivity index (χ0) is 19.1. The average molecular weight is 378 g/mol. The van der Waals surface area contributed by atoms with Crippen molar-refractivity contribution in [3.05, 3.63) is 30.1 Å². The zero-order valence-corrected chi connectivity index (χ0v) is 16.4. The average Bonchev–Trinajstić information content (AvgIpc) is 3.23. The summed E-state index contributed by atoms with van der Waals surface area (Å²) in [6, 6.07) is 6.87. The fourth-order valence-corrected chi connectivity index (χ4v) is 3.72. The van der Waals surface area contributed by atoms with Crippen molar-refractivity contribution in [2.75, 3.05) is 58.4 Å². The van der Waals surface area contributed by atoms with Gasteiger partial charge in [-0.1, -0.05) is 12.1 Å². The van der Waals surface area contributed by atoms with E-state index >= 15 is 0 Å². The Bertz CT molecular complexity index is 622. The van der Waals surface area contributed by atoms with Gasteiger partial charge < -0.3 is 24.6 Å². The number of hydrogen-bond acceptors (Lipinski definition) is 4. The Balaban J connectivity index is 1.43. The molecule has 3 rings (SSSR count). The van der Waals surface area contributed by atoms with Crippen molar-refractivity contribution in [1.29, 1.82) is 0 Å². The van der Waals surface area contributed by atoms with Crippen molar-refractivity contribution in [3.63, 3.8) is 0 Å². The highest BCUT2D eigenvalue weighted by Crippen LogP contribution is 2.21. The smallest absolute Gasteiger partial charge is 0.193 e. The Morgan fingerprint density at radius 1 is 1.30 bits per heavy atom. The molecule has 0 radical (unpaired) electrons. The minimum Gasteiger partial charge on any atom is -0.375 e. The summed E-state index contributed by atoms with van der Waals surface area (Å²) in [5, 5.41) is 3.43. The van der Waals surface area contributed by atoms with Crippen LogP contribution in [-0.2, 0) is 9.47 Å². The monoisotopic (exact) mass is 378 g/mol. The van der Waals surface area contributed by atoms with E-state index in [2.05, 4.69) is 15.2 Å². The number of nitrogens with one attached hydrogen (secondary N) is 1. The molecule has 150 valence electrons. The first-order valence-corrected chi connectivity index (χ1v) is 9.83. The van der Waals surface area contributed by atoms with Crippen molar-refractivity contribution >= 4 is 11.6 Å². The number of guanidine groups is 1. The SMILES string of the molecule is CN=C(NCCCN(C)c1ccccc1F)N1CCOC(C2CCCO2)C1. The molecule has 1 N–H and O–H groups in total. The van der Waals surface area contributed by atoms with Crippen molar-refractivity contribution < 1.29 is 13.9 Å². The number of benzene rings is 1. The standard InChI is InChI=1S/C20H31FN4O2/c1-22-20(25-12-14-27-19(15-25)18-9-5-13-26-18)23-10-6-11-24(2)17-8-4-3-7-16(17)21/h3-4,7-8,18-19H,5-6,9-15H2,1-2H3,(H,22,23). The lowest BCUT2D eigenvalue weighted by molar-refractivity contribution is -0.0816. The molecule has 2 heterocycles. The number of aliphatic imine (C=N–C) groups is 1. The largest absolute Gasteiger partial charge is 0.375 e. The van der Waals surface area contributed by atoms with Crippen LogP contribution in [0, 0.1) is 5.82 Å². The molecule has 2 unspecified atom stereocenters. The Labute approximate surface area is 161 Å². The lowest BCUT2D eigenvalue weighted by Gasteiger charge is -2.37. The van der Waals surface area contributed by atoms with Crippen LogP contribution in [-0.4, -0.2) is 76.6 Å². The second-order valence-corrected chi connectivity index (χ2v) is 7.11. The summed E-state index contributed by atoms with van der Waals surface area (Å²) in [4.78, 5) is 8.62. The van der Waals surface area contributed by atoms with Crippen LogP contribution in [0.25, 0.3) is 0 Å². The lowest BCUT2D eigenvalue weighted by Crippen LogP contribution is -2.53. The molecular formula is C20H31FN4O2. The van der Waals surface area contributed by atoms with Gasteiger partial charge in [-0.25, -0.2) is 4.39 Å². The molecule has 27 heavy (non-hydrogen) atoms. The van der Waals surface area contributed by atoms with E-state index in [4.69, 9.17) is 9.47 Å². The van der Waals surface area contributed by atoms with E-state index in [9.17, 15) is 4.39 Å². The van der Waals surface area contributed by atoms with E-state index in [1.807, 2.05) is 25.1 Å². The molecule has 2 saturated heterocycles. The normalized spacial score (nSPS) is 23.5. The lowest BCUT2D eigenvalue weighted by atomic mass is 10.1. The van der Waals surface area contributed by atoms with E-state index in [-0.39, 0.29) is 18.0 Å². The molecule has 2 aliphatic heterocycles. The fourth-order valence-electron chi connectivity index (χ4n) is 3.72. The molecule has 2 fully saturated rings. The molecule has 0 spiro atoms. The molecule has 1 aromatic rings. The maximum absolute atomic E-state index is 13.8. The van der Waals surface area contributed by atoms with Gasteiger partial charge in [0, 0.05) is 46.9 Å². The number of morpholine rings is 1. The zero-order valence-electron chi connectivity index (χ0n) is 16.4. The molecule has 0 aromatic heterocycles. The Morgan fingerprint density at radius 2 is 2.11 bits per heavy atom.